The molecule has 1 aliphatic heterocycles. The number of amides is 1. The van der Waals surface area contributed by atoms with E-state index in [-0.39, 0.29) is 23.7 Å². The highest BCUT2D eigenvalue weighted by Crippen LogP contribution is 2.30. The van der Waals surface area contributed by atoms with Crippen molar-refractivity contribution < 1.29 is 13.9 Å². The number of halogens is 3. The van der Waals surface area contributed by atoms with Crippen molar-refractivity contribution in [3.05, 3.63) is 80.4 Å². The van der Waals surface area contributed by atoms with Crippen LogP contribution < -0.4 is 4.74 Å². The van der Waals surface area contributed by atoms with E-state index in [2.05, 4.69) is 47.2 Å². The Morgan fingerprint density at radius 3 is 2.66 bits per heavy atom. The molecule has 0 radical (unpaired) electrons. The molecular formula is C25H22Br2FN5O2. The predicted octanol–water partition coefficient (Wildman–Crippen LogP) is 5.42. The smallest absolute Gasteiger partial charge is 0.272 e. The van der Waals surface area contributed by atoms with Crippen LogP contribution in [0.1, 0.15) is 34.7 Å². The average Bonchev–Trinajstić information content (AvgIpc) is 3.28. The lowest BCUT2D eigenvalue weighted by Gasteiger charge is -2.38. The van der Waals surface area contributed by atoms with Gasteiger partial charge in [0, 0.05) is 39.2 Å². The number of nitrogens with zero attached hydrogens (tertiary/aromatic N) is 5. The van der Waals surface area contributed by atoms with E-state index in [0.717, 1.165) is 20.9 Å². The topological polar surface area (TPSA) is 73.1 Å². The Kier molecular flexibility index (Phi) is 6.59. The zero-order valence-corrected chi connectivity index (χ0v) is 22.3. The summed E-state index contributed by atoms with van der Waals surface area (Å²) in [6, 6.07) is 12.3. The van der Waals surface area contributed by atoms with Crippen molar-refractivity contribution >= 4 is 48.5 Å². The summed E-state index contributed by atoms with van der Waals surface area (Å²) >= 11 is 6.74. The van der Waals surface area contributed by atoms with Gasteiger partial charge in [-0.15, -0.1) is 5.10 Å². The summed E-state index contributed by atoms with van der Waals surface area (Å²) in [5, 5.41) is 10.2. The van der Waals surface area contributed by atoms with Gasteiger partial charge >= 0.3 is 0 Å². The molecule has 10 heteroatoms. The maximum absolute atomic E-state index is 14.3. The van der Waals surface area contributed by atoms with Crippen LogP contribution in [0.4, 0.5) is 4.39 Å². The van der Waals surface area contributed by atoms with E-state index in [4.69, 9.17) is 4.74 Å². The van der Waals surface area contributed by atoms with Gasteiger partial charge in [0.05, 0.1) is 18.8 Å². The molecule has 1 aliphatic rings. The molecule has 2 aromatic heterocycles. The molecule has 2 aromatic carbocycles. The molecule has 0 aliphatic carbocycles. The standard InChI is InChI=1S/C25H22Br2FN5O2/c1-14(20-6-5-18(27)10-22(20)28)33-13-19(30-31-33)7-15-11-32(12-15)25(34)23-8-16-3-4-17(26)9-21(16)24(29-23)35-2/h3-6,8-10,13-15H,7,11-12H2,1-2H3/t14-/m0/s1. The van der Waals surface area contributed by atoms with Crippen molar-refractivity contribution in [1.29, 1.82) is 0 Å². The molecule has 0 spiro atoms. The highest BCUT2D eigenvalue weighted by Gasteiger charge is 2.33. The Bertz CT molecular complexity index is 1420. The number of pyridine rings is 1. The molecule has 7 nitrogen and oxygen atoms in total. The monoisotopic (exact) mass is 601 g/mol. The predicted molar refractivity (Wildman–Crippen MR) is 137 cm³/mol. The highest BCUT2D eigenvalue weighted by atomic mass is 79.9. The minimum absolute atomic E-state index is 0.118. The lowest BCUT2D eigenvalue weighted by atomic mass is 9.94. The van der Waals surface area contributed by atoms with Crippen LogP contribution in [0.5, 0.6) is 5.88 Å². The Labute approximate surface area is 218 Å². The van der Waals surface area contributed by atoms with Crippen LogP contribution in [0.15, 0.2) is 57.6 Å². The Balaban J connectivity index is 1.23. The number of ether oxygens (including phenoxy) is 1. The second-order valence-electron chi connectivity index (χ2n) is 8.69. The first-order valence-electron chi connectivity index (χ1n) is 11.1. The lowest BCUT2D eigenvalue weighted by Crippen LogP contribution is -2.51. The van der Waals surface area contributed by atoms with Gasteiger partial charge in [-0.3, -0.25) is 4.79 Å². The van der Waals surface area contributed by atoms with Crippen molar-refractivity contribution in [2.45, 2.75) is 19.4 Å². The van der Waals surface area contributed by atoms with Crippen LogP contribution >= 0.6 is 31.9 Å². The van der Waals surface area contributed by atoms with Gasteiger partial charge in [-0.2, -0.15) is 0 Å². The number of likely N-dealkylation sites (tertiary alicyclic amines) is 1. The number of aromatic nitrogens is 4. The third-order valence-electron chi connectivity index (χ3n) is 6.28. The van der Waals surface area contributed by atoms with E-state index in [0.29, 0.717) is 41.1 Å². The van der Waals surface area contributed by atoms with Crippen molar-refractivity contribution in [3.8, 4) is 5.88 Å². The first-order valence-corrected chi connectivity index (χ1v) is 12.7. The fourth-order valence-corrected chi connectivity index (χ4v) is 5.05. The Morgan fingerprint density at radius 1 is 1.17 bits per heavy atom. The first-order chi connectivity index (χ1) is 16.8. The number of carbonyl (C=O) groups is 1. The second kappa shape index (κ2) is 9.66. The summed E-state index contributed by atoms with van der Waals surface area (Å²) in [5.41, 5.74) is 1.74. The number of hydrogen-bond acceptors (Lipinski definition) is 5. The number of fused-ring (bicyclic) bond motifs is 1. The summed E-state index contributed by atoms with van der Waals surface area (Å²) < 4.78 is 23.0. The second-order valence-corrected chi connectivity index (χ2v) is 10.5. The van der Waals surface area contributed by atoms with Crippen LogP contribution in [0.3, 0.4) is 0 Å². The molecule has 1 amide bonds. The zero-order valence-electron chi connectivity index (χ0n) is 19.1. The summed E-state index contributed by atoms with van der Waals surface area (Å²) in [5.74, 6) is 0.301. The number of hydrogen-bond donors (Lipinski definition) is 0. The van der Waals surface area contributed by atoms with E-state index in [1.54, 1.807) is 28.8 Å². The number of rotatable bonds is 6. The maximum Gasteiger partial charge on any atom is 0.272 e. The van der Waals surface area contributed by atoms with E-state index >= 15 is 0 Å². The van der Waals surface area contributed by atoms with Crippen LogP contribution in [0, 0.1) is 11.7 Å². The molecule has 0 N–H and O–H groups in total. The molecule has 0 bridgehead atoms. The van der Waals surface area contributed by atoms with E-state index in [1.807, 2.05) is 37.4 Å². The largest absolute Gasteiger partial charge is 0.481 e. The molecule has 3 heterocycles. The van der Waals surface area contributed by atoms with E-state index in [9.17, 15) is 9.18 Å². The van der Waals surface area contributed by atoms with Gasteiger partial charge in [0.1, 0.15) is 11.5 Å². The molecule has 5 rings (SSSR count). The molecule has 0 saturated carbocycles. The van der Waals surface area contributed by atoms with Gasteiger partial charge < -0.3 is 9.64 Å². The van der Waals surface area contributed by atoms with Gasteiger partial charge in [-0.1, -0.05) is 49.2 Å². The number of benzene rings is 2. The number of carbonyl (C=O) groups excluding carboxylic acids is 1. The lowest BCUT2D eigenvalue weighted by molar-refractivity contribution is 0.0493. The van der Waals surface area contributed by atoms with Crippen LogP contribution in [-0.2, 0) is 6.42 Å². The minimum atomic E-state index is -0.288. The third kappa shape index (κ3) is 4.81. The Hall–Kier alpha value is -2.85. The highest BCUT2D eigenvalue weighted by molar-refractivity contribution is 9.10. The molecule has 0 unspecified atom stereocenters. The van der Waals surface area contributed by atoms with Crippen molar-refractivity contribution in [2.75, 3.05) is 20.2 Å². The fourth-order valence-electron chi connectivity index (χ4n) is 4.36. The summed E-state index contributed by atoms with van der Waals surface area (Å²) in [7, 11) is 1.55. The van der Waals surface area contributed by atoms with Gasteiger partial charge in [0.25, 0.3) is 5.91 Å². The molecule has 35 heavy (non-hydrogen) atoms. The molecule has 1 atom stereocenters. The van der Waals surface area contributed by atoms with Gasteiger partial charge in [0.15, 0.2) is 0 Å². The molecule has 1 fully saturated rings. The van der Waals surface area contributed by atoms with Gasteiger partial charge in [-0.05, 0) is 55.0 Å². The van der Waals surface area contributed by atoms with Crippen LogP contribution in [-0.4, -0.2) is 51.0 Å². The molecule has 1 saturated heterocycles. The summed E-state index contributed by atoms with van der Waals surface area (Å²) in [6.07, 6.45) is 2.55. The molecule has 4 aromatic rings. The average molecular weight is 603 g/mol. The van der Waals surface area contributed by atoms with Crippen molar-refractivity contribution in [3.63, 3.8) is 0 Å². The minimum Gasteiger partial charge on any atom is -0.481 e. The van der Waals surface area contributed by atoms with Crippen molar-refractivity contribution in [1.82, 2.24) is 24.9 Å². The van der Waals surface area contributed by atoms with E-state index in [1.165, 1.54) is 6.07 Å². The normalized spacial score (nSPS) is 14.7. The van der Waals surface area contributed by atoms with Gasteiger partial charge in [-0.25, -0.2) is 14.1 Å². The van der Waals surface area contributed by atoms with Crippen LogP contribution in [0.25, 0.3) is 10.8 Å². The SMILES string of the molecule is COc1nc(C(=O)N2CC(Cc3cn([C@@H](C)c4ccc(Br)cc4F)nn3)C2)cc2ccc(Br)cc12. The Morgan fingerprint density at radius 2 is 1.91 bits per heavy atom. The molecule has 180 valence electrons. The number of methoxy groups -OCH3 is 1. The molecular weight excluding hydrogens is 581 g/mol. The van der Waals surface area contributed by atoms with E-state index < -0.39 is 0 Å². The first kappa shape index (κ1) is 23.9. The summed E-state index contributed by atoms with van der Waals surface area (Å²) in [4.78, 5) is 19.3. The third-order valence-corrected chi connectivity index (χ3v) is 7.27. The summed E-state index contributed by atoms with van der Waals surface area (Å²) in [6.45, 7) is 3.12. The van der Waals surface area contributed by atoms with Gasteiger partial charge in [0.2, 0.25) is 5.88 Å². The van der Waals surface area contributed by atoms with Crippen LogP contribution in [0.2, 0.25) is 0 Å². The van der Waals surface area contributed by atoms with Crippen molar-refractivity contribution in [2.24, 2.45) is 5.92 Å². The fraction of sp³-hybridized carbons (Fsp3) is 0.280. The quantitative estimate of drug-likeness (QED) is 0.295. The zero-order chi connectivity index (χ0) is 24.7. The maximum atomic E-state index is 14.3.